The zero-order chi connectivity index (χ0) is 16.3. The average Bonchev–Trinajstić information content (AvgIpc) is 2.98. The maximum absolute atomic E-state index is 13.6. The first-order valence-electron chi connectivity index (χ1n) is 7.17. The first-order valence-corrected chi connectivity index (χ1v) is 7.17. The lowest BCUT2D eigenvalue weighted by Gasteiger charge is -2.17. The van der Waals surface area contributed by atoms with Crippen LogP contribution >= 0.6 is 0 Å². The number of rotatable bonds is 5. The number of aliphatic hydroxyl groups is 1. The third-order valence-corrected chi connectivity index (χ3v) is 3.52. The number of aryl methyl sites for hydroxylation is 2. The third-order valence-electron chi connectivity index (χ3n) is 3.52. The first kappa shape index (κ1) is 16.2. The Hall–Kier alpha value is -2.14. The fourth-order valence-electron chi connectivity index (χ4n) is 2.37. The van der Waals surface area contributed by atoms with Crippen LogP contribution in [0.2, 0.25) is 0 Å². The topological polar surface area (TPSA) is 62.5 Å². The standard InChI is InChI=1S/C17H20FNO3/c1-10-7-13(8-11(2)16(10)18)17(21)19-12(3)9-14(20)15-5-4-6-22-15/h4-8,12,14,20H,9H2,1-3H3,(H,19,21). The van der Waals surface area contributed by atoms with E-state index in [-0.39, 0.29) is 17.8 Å². The van der Waals surface area contributed by atoms with E-state index in [4.69, 9.17) is 4.42 Å². The molecule has 0 radical (unpaired) electrons. The predicted octanol–water partition coefficient (Wildman–Crippen LogP) is 3.28. The molecule has 4 nitrogen and oxygen atoms in total. The fraction of sp³-hybridized carbons (Fsp3) is 0.353. The summed E-state index contributed by atoms with van der Waals surface area (Å²) in [6, 6.07) is 6.18. The van der Waals surface area contributed by atoms with Gasteiger partial charge < -0.3 is 14.8 Å². The monoisotopic (exact) mass is 305 g/mol. The minimum absolute atomic E-state index is 0.252. The normalized spacial score (nSPS) is 13.7. The van der Waals surface area contributed by atoms with Crippen molar-refractivity contribution < 1.29 is 18.7 Å². The van der Waals surface area contributed by atoms with Crippen molar-refractivity contribution in [1.82, 2.24) is 5.32 Å². The Morgan fingerprint density at radius 2 is 2.00 bits per heavy atom. The Morgan fingerprint density at radius 1 is 1.36 bits per heavy atom. The molecule has 5 heteroatoms. The molecule has 2 N–H and O–H groups in total. The lowest BCUT2D eigenvalue weighted by molar-refractivity contribution is 0.0903. The van der Waals surface area contributed by atoms with E-state index in [0.717, 1.165) is 0 Å². The fourth-order valence-corrected chi connectivity index (χ4v) is 2.37. The molecule has 2 rings (SSSR count). The SMILES string of the molecule is Cc1cc(C(=O)NC(C)CC(O)c2ccco2)cc(C)c1F. The van der Waals surface area contributed by atoms with Gasteiger partial charge in [-0.2, -0.15) is 0 Å². The van der Waals surface area contributed by atoms with E-state index >= 15 is 0 Å². The van der Waals surface area contributed by atoms with Gasteiger partial charge in [-0.15, -0.1) is 0 Å². The molecule has 0 saturated carbocycles. The molecule has 0 aliphatic heterocycles. The summed E-state index contributed by atoms with van der Waals surface area (Å²) in [4.78, 5) is 12.2. The quantitative estimate of drug-likeness (QED) is 0.891. The summed E-state index contributed by atoms with van der Waals surface area (Å²) in [5.41, 5.74) is 1.29. The molecule has 0 fully saturated rings. The van der Waals surface area contributed by atoms with Gasteiger partial charge in [0.2, 0.25) is 0 Å². The molecule has 0 bridgehead atoms. The van der Waals surface area contributed by atoms with Crippen LogP contribution in [0.5, 0.6) is 0 Å². The summed E-state index contributed by atoms with van der Waals surface area (Å²) in [6.45, 7) is 5.06. The van der Waals surface area contributed by atoms with Crippen molar-refractivity contribution in [3.05, 3.63) is 58.8 Å². The number of aliphatic hydroxyl groups excluding tert-OH is 1. The largest absolute Gasteiger partial charge is 0.467 e. The third kappa shape index (κ3) is 3.74. The van der Waals surface area contributed by atoms with Crippen molar-refractivity contribution in [2.45, 2.75) is 39.3 Å². The zero-order valence-corrected chi connectivity index (χ0v) is 12.9. The second-order valence-corrected chi connectivity index (χ2v) is 5.57. The van der Waals surface area contributed by atoms with Crippen molar-refractivity contribution in [1.29, 1.82) is 0 Å². The van der Waals surface area contributed by atoms with Crippen LogP contribution in [0.25, 0.3) is 0 Å². The van der Waals surface area contributed by atoms with E-state index in [1.165, 1.54) is 18.4 Å². The van der Waals surface area contributed by atoms with Crippen LogP contribution in [0.1, 0.15) is 46.7 Å². The summed E-state index contributed by atoms with van der Waals surface area (Å²) in [5, 5.41) is 12.8. The predicted molar refractivity (Wildman–Crippen MR) is 81.1 cm³/mol. The number of halogens is 1. The van der Waals surface area contributed by atoms with Crippen molar-refractivity contribution in [2.24, 2.45) is 0 Å². The highest BCUT2D eigenvalue weighted by Crippen LogP contribution is 2.19. The van der Waals surface area contributed by atoms with Crippen molar-refractivity contribution in [3.63, 3.8) is 0 Å². The summed E-state index contributed by atoms with van der Waals surface area (Å²) >= 11 is 0. The molecule has 2 atom stereocenters. The second-order valence-electron chi connectivity index (χ2n) is 5.57. The van der Waals surface area contributed by atoms with Crippen LogP contribution in [-0.2, 0) is 0 Å². The number of amides is 1. The lowest BCUT2D eigenvalue weighted by atomic mass is 10.0. The highest BCUT2D eigenvalue weighted by atomic mass is 19.1. The maximum atomic E-state index is 13.6. The van der Waals surface area contributed by atoms with Gasteiger partial charge in [-0.25, -0.2) is 4.39 Å². The van der Waals surface area contributed by atoms with E-state index < -0.39 is 6.10 Å². The number of benzene rings is 1. The van der Waals surface area contributed by atoms with Gasteiger partial charge in [-0.1, -0.05) is 0 Å². The summed E-state index contributed by atoms with van der Waals surface area (Å²) in [6.07, 6.45) is 1.05. The number of carbonyl (C=O) groups excluding carboxylic acids is 1. The van der Waals surface area contributed by atoms with Crippen LogP contribution in [0.4, 0.5) is 4.39 Å². The Bertz CT molecular complexity index is 629. The van der Waals surface area contributed by atoms with Gasteiger partial charge in [-0.3, -0.25) is 4.79 Å². The van der Waals surface area contributed by atoms with Crippen LogP contribution in [0, 0.1) is 19.7 Å². The van der Waals surface area contributed by atoms with Gasteiger partial charge >= 0.3 is 0 Å². The molecule has 0 saturated heterocycles. The Labute approximate surface area is 129 Å². The molecule has 2 aromatic rings. The van der Waals surface area contributed by atoms with Gasteiger partial charge in [0.25, 0.3) is 5.91 Å². The second kappa shape index (κ2) is 6.75. The molecule has 1 aromatic heterocycles. The van der Waals surface area contributed by atoms with Crippen molar-refractivity contribution in [2.75, 3.05) is 0 Å². The van der Waals surface area contributed by atoms with E-state index in [9.17, 15) is 14.3 Å². The van der Waals surface area contributed by atoms with Crippen molar-refractivity contribution >= 4 is 5.91 Å². The molecular formula is C17H20FNO3. The molecule has 1 heterocycles. The lowest BCUT2D eigenvalue weighted by Crippen LogP contribution is -2.33. The molecule has 0 spiro atoms. The summed E-state index contributed by atoms with van der Waals surface area (Å²) < 4.78 is 18.7. The van der Waals surface area contributed by atoms with Crippen LogP contribution < -0.4 is 5.32 Å². The van der Waals surface area contributed by atoms with Crippen LogP contribution in [-0.4, -0.2) is 17.1 Å². The van der Waals surface area contributed by atoms with Gasteiger partial charge in [0.15, 0.2) is 0 Å². The van der Waals surface area contributed by atoms with E-state index in [1.807, 2.05) is 0 Å². The van der Waals surface area contributed by atoms with Crippen LogP contribution in [0.15, 0.2) is 34.9 Å². The molecular weight excluding hydrogens is 285 g/mol. The molecule has 1 aromatic carbocycles. The van der Waals surface area contributed by atoms with E-state index in [2.05, 4.69) is 5.32 Å². The Morgan fingerprint density at radius 3 is 2.55 bits per heavy atom. The van der Waals surface area contributed by atoms with E-state index in [0.29, 0.717) is 28.9 Å². The maximum Gasteiger partial charge on any atom is 0.251 e. The minimum Gasteiger partial charge on any atom is -0.467 e. The molecule has 2 unspecified atom stereocenters. The molecule has 0 aliphatic rings. The molecule has 1 amide bonds. The van der Waals surface area contributed by atoms with Gasteiger partial charge in [0, 0.05) is 18.0 Å². The molecule has 0 aliphatic carbocycles. The highest BCUT2D eigenvalue weighted by molar-refractivity contribution is 5.94. The van der Waals surface area contributed by atoms with Gasteiger partial charge in [-0.05, 0) is 56.2 Å². The van der Waals surface area contributed by atoms with Crippen LogP contribution in [0.3, 0.4) is 0 Å². The Kier molecular flexibility index (Phi) is 4.98. The summed E-state index contributed by atoms with van der Waals surface area (Å²) in [5.74, 6) is -0.113. The van der Waals surface area contributed by atoms with Gasteiger partial charge in [0.05, 0.1) is 6.26 Å². The molecule has 118 valence electrons. The van der Waals surface area contributed by atoms with Gasteiger partial charge in [0.1, 0.15) is 17.7 Å². The first-order chi connectivity index (χ1) is 10.4. The number of carbonyl (C=O) groups is 1. The zero-order valence-electron chi connectivity index (χ0n) is 12.9. The number of hydrogen-bond acceptors (Lipinski definition) is 3. The van der Waals surface area contributed by atoms with Crippen molar-refractivity contribution in [3.8, 4) is 0 Å². The average molecular weight is 305 g/mol. The highest BCUT2D eigenvalue weighted by Gasteiger charge is 2.18. The summed E-state index contributed by atoms with van der Waals surface area (Å²) in [7, 11) is 0. The number of furan rings is 1. The number of nitrogens with one attached hydrogen (secondary N) is 1. The number of hydrogen-bond donors (Lipinski definition) is 2. The smallest absolute Gasteiger partial charge is 0.251 e. The molecule has 22 heavy (non-hydrogen) atoms. The Balaban J connectivity index is 1.99. The van der Waals surface area contributed by atoms with E-state index in [1.54, 1.807) is 32.9 Å². The minimum atomic E-state index is -0.776.